The molecule has 5 nitrogen and oxygen atoms in total. The van der Waals surface area contributed by atoms with E-state index in [-0.39, 0.29) is 17.5 Å². The van der Waals surface area contributed by atoms with Crippen molar-refractivity contribution in [1.82, 2.24) is 5.32 Å². The molecule has 2 heterocycles. The fourth-order valence-electron chi connectivity index (χ4n) is 3.37. The van der Waals surface area contributed by atoms with Gasteiger partial charge in [-0.25, -0.2) is 9.18 Å². The van der Waals surface area contributed by atoms with E-state index in [1.165, 1.54) is 18.2 Å². The highest BCUT2D eigenvalue weighted by molar-refractivity contribution is 5.96. The van der Waals surface area contributed by atoms with Crippen molar-refractivity contribution < 1.29 is 18.3 Å². The Morgan fingerprint density at radius 1 is 1.15 bits per heavy atom. The van der Waals surface area contributed by atoms with Crippen LogP contribution in [-0.4, -0.2) is 18.6 Å². The number of fused-ring (bicyclic) bond motifs is 1. The topological polar surface area (TPSA) is 68.5 Å². The minimum absolute atomic E-state index is 0.0705. The molecule has 0 saturated carbocycles. The van der Waals surface area contributed by atoms with Crippen LogP contribution in [0.2, 0.25) is 0 Å². The van der Waals surface area contributed by atoms with E-state index in [1.54, 1.807) is 36.4 Å². The van der Waals surface area contributed by atoms with Gasteiger partial charge in [0.2, 0.25) is 0 Å². The molecule has 2 aromatic carbocycles. The first-order valence-corrected chi connectivity index (χ1v) is 8.82. The lowest BCUT2D eigenvalue weighted by Gasteiger charge is -2.24. The summed E-state index contributed by atoms with van der Waals surface area (Å²) in [5, 5.41) is 3.53. The van der Waals surface area contributed by atoms with Crippen LogP contribution in [0.1, 0.15) is 34.8 Å². The van der Waals surface area contributed by atoms with Crippen LogP contribution in [0.25, 0.3) is 11.0 Å². The standard InChI is InChI=1S/C21H18FNO4/c22-15-9-7-13(8-10-15)19(18-6-3-11-26-18)23-20(24)16-12-14-4-1-2-5-17(14)27-21(16)25/h1-2,4-5,7-10,12,18-19H,3,6,11H2,(H,23,24)/t18-,19-/m0/s1. The van der Waals surface area contributed by atoms with Crippen molar-refractivity contribution in [2.24, 2.45) is 0 Å². The quantitative estimate of drug-likeness (QED) is 0.716. The van der Waals surface area contributed by atoms with Crippen molar-refractivity contribution in [1.29, 1.82) is 0 Å². The molecule has 1 amide bonds. The molecular formula is C21H18FNO4. The first kappa shape index (κ1) is 17.4. The Balaban J connectivity index is 1.66. The molecule has 138 valence electrons. The first-order valence-electron chi connectivity index (χ1n) is 8.82. The van der Waals surface area contributed by atoms with Crippen molar-refractivity contribution in [2.45, 2.75) is 25.0 Å². The van der Waals surface area contributed by atoms with Crippen LogP contribution in [0.5, 0.6) is 0 Å². The number of hydrogen-bond donors (Lipinski definition) is 1. The highest BCUT2D eigenvalue weighted by Crippen LogP contribution is 2.27. The van der Waals surface area contributed by atoms with Gasteiger partial charge in [-0.1, -0.05) is 30.3 Å². The van der Waals surface area contributed by atoms with Gasteiger partial charge in [0, 0.05) is 12.0 Å². The molecule has 1 aromatic heterocycles. The third kappa shape index (κ3) is 3.61. The summed E-state index contributed by atoms with van der Waals surface area (Å²) in [6.45, 7) is 0.607. The number of carbonyl (C=O) groups is 1. The lowest BCUT2D eigenvalue weighted by Crippen LogP contribution is -2.38. The van der Waals surface area contributed by atoms with Crippen LogP contribution in [0.4, 0.5) is 4.39 Å². The molecule has 6 heteroatoms. The van der Waals surface area contributed by atoms with Crippen molar-refractivity contribution >= 4 is 16.9 Å². The molecule has 0 aliphatic carbocycles. The molecule has 3 aromatic rings. The fraction of sp³-hybridized carbons (Fsp3) is 0.238. The van der Waals surface area contributed by atoms with Crippen LogP contribution >= 0.6 is 0 Å². The highest BCUT2D eigenvalue weighted by Gasteiger charge is 2.30. The Hall–Kier alpha value is -2.99. The van der Waals surface area contributed by atoms with Gasteiger partial charge in [-0.05, 0) is 42.7 Å². The number of rotatable bonds is 4. The van der Waals surface area contributed by atoms with E-state index in [1.807, 2.05) is 0 Å². The van der Waals surface area contributed by atoms with Crippen molar-refractivity contribution in [3.05, 3.63) is 82.0 Å². The largest absolute Gasteiger partial charge is 0.422 e. The molecule has 2 atom stereocenters. The van der Waals surface area contributed by atoms with Crippen molar-refractivity contribution in [3.63, 3.8) is 0 Å². The number of benzene rings is 2. The normalized spacial score (nSPS) is 17.7. The van der Waals surface area contributed by atoms with Crippen LogP contribution in [0.3, 0.4) is 0 Å². The molecule has 1 fully saturated rings. The lowest BCUT2D eigenvalue weighted by atomic mass is 9.98. The molecule has 1 saturated heterocycles. The van der Waals surface area contributed by atoms with E-state index in [9.17, 15) is 14.0 Å². The van der Waals surface area contributed by atoms with Crippen LogP contribution in [0, 0.1) is 5.82 Å². The molecule has 0 bridgehead atoms. The molecule has 1 N–H and O–H groups in total. The zero-order valence-electron chi connectivity index (χ0n) is 14.5. The maximum Gasteiger partial charge on any atom is 0.349 e. The number of hydrogen-bond acceptors (Lipinski definition) is 4. The SMILES string of the molecule is O=C(N[C@@H](c1ccc(F)cc1)[C@@H]1CCCO1)c1cc2ccccc2oc1=O. The maximum absolute atomic E-state index is 13.3. The summed E-state index contributed by atoms with van der Waals surface area (Å²) in [7, 11) is 0. The van der Waals surface area contributed by atoms with Gasteiger partial charge in [-0.2, -0.15) is 0 Å². The predicted octanol–water partition coefficient (Wildman–Crippen LogP) is 3.58. The van der Waals surface area contributed by atoms with Gasteiger partial charge in [-0.15, -0.1) is 0 Å². The van der Waals surface area contributed by atoms with Crippen LogP contribution in [0.15, 0.2) is 63.8 Å². The van der Waals surface area contributed by atoms with Gasteiger partial charge in [0.15, 0.2) is 0 Å². The van der Waals surface area contributed by atoms with Gasteiger partial charge in [0.25, 0.3) is 5.91 Å². The van der Waals surface area contributed by atoms with Gasteiger partial charge in [0.1, 0.15) is 17.0 Å². The number of ether oxygens (including phenoxy) is 1. The van der Waals surface area contributed by atoms with Crippen LogP contribution < -0.4 is 10.9 Å². The summed E-state index contributed by atoms with van der Waals surface area (Å²) >= 11 is 0. The van der Waals surface area contributed by atoms with Gasteiger partial charge < -0.3 is 14.5 Å². The Morgan fingerprint density at radius 3 is 2.67 bits per heavy atom. The molecule has 0 unspecified atom stereocenters. The first-order chi connectivity index (χ1) is 13.1. The molecule has 4 rings (SSSR count). The van der Waals surface area contributed by atoms with Gasteiger partial charge >= 0.3 is 5.63 Å². The highest BCUT2D eigenvalue weighted by atomic mass is 19.1. The Kier molecular flexibility index (Phi) is 4.73. The Labute approximate surface area is 154 Å². The third-order valence-electron chi connectivity index (χ3n) is 4.74. The van der Waals surface area contributed by atoms with Crippen molar-refractivity contribution in [2.75, 3.05) is 6.61 Å². The van der Waals surface area contributed by atoms with E-state index in [2.05, 4.69) is 5.32 Å². The summed E-state index contributed by atoms with van der Waals surface area (Å²) in [5.74, 6) is -0.898. The monoisotopic (exact) mass is 367 g/mol. The number of halogens is 1. The molecule has 1 aliphatic heterocycles. The average Bonchev–Trinajstić information content (AvgIpc) is 3.20. The molecular weight excluding hydrogens is 349 g/mol. The Morgan fingerprint density at radius 2 is 1.93 bits per heavy atom. The van der Waals surface area contributed by atoms with Crippen LogP contribution in [-0.2, 0) is 4.74 Å². The lowest BCUT2D eigenvalue weighted by molar-refractivity contribution is 0.0670. The summed E-state index contributed by atoms with van der Waals surface area (Å²) < 4.78 is 24.3. The number of carbonyl (C=O) groups excluding carboxylic acids is 1. The molecule has 1 aliphatic rings. The van der Waals surface area contributed by atoms with Gasteiger partial charge in [0.05, 0.1) is 12.1 Å². The van der Waals surface area contributed by atoms with E-state index in [0.29, 0.717) is 17.6 Å². The third-order valence-corrected chi connectivity index (χ3v) is 4.74. The minimum Gasteiger partial charge on any atom is -0.422 e. The van der Waals surface area contributed by atoms with E-state index in [0.717, 1.165) is 18.4 Å². The summed E-state index contributed by atoms with van der Waals surface area (Å²) in [4.78, 5) is 25.1. The molecule has 0 spiro atoms. The fourth-order valence-corrected chi connectivity index (χ4v) is 3.37. The number of amides is 1. The second kappa shape index (κ2) is 7.32. The zero-order chi connectivity index (χ0) is 18.8. The van der Waals surface area contributed by atoms with E-state index in [4.69, 9.17) is 9.15 Å². The summed E-state index contributed by atoms with van der Waals surface area (Å²) in [5.41, 5.74) is 0.380. The van der Waals surface area contributed by atoms with E-state index < -0.39 is 17.6 Å². The average molecular weight is 367 g/mol. The summed E-state index contributed by atoms with van der Waals surface area (Å²) in [6, 6.07) is 14.0. The predicted molar refractivity (Wildman–Crippen MR) is 98.1 cm³/mol. The molecule has 27 heavy (non-hydrogen) atoms. The second-order valence-corrected chi connectivity index (χ2v) is 6.54. The summed E-state index contributed by atoms with van der Waals surface area (Å²) in [6.07, 6.45) is 1.43. The number of para-hydroxylation sites is 1. The van der Waals surface area contributed by atoms with E-state index >= 15 is 0 Å². The smallest absolute Gasteiger partial charge is 0.349 e. The molecule has 0 radical (unpaired) electrons. The Bertz CT molecular complexity index is 1020. The number of nitrogens with one attached hydrogen (secondary N) is 1. The van der Waals surface area contributed by atoms with Gasteiger partial charge in [-0.3, -0.25) is 4.79 Å². The second-order valence-electron chi connectivity index (χ2n) is 6.54. The zero-order valence-corrected chi connectivity index (χ0v) is 14.5. The van der Waals surface area contributed by atoms with Crippen molar-refractivity contribution in [3.8, 4) is 0 Å². The maximum atomic E-state index is 13.3. The minimum atomic E-state index is -0.698.